The summed E-state index contributed by atoms with van der Waals surface area (Å²) in [5, 5.41) is 13.1. The lowest BCUT2D eigenvalue weighted by Crippen LogP contribution is -2.45. The van der Waals surface area contributed by atoms with Gasteiger partial charge < -0.3 is 15.4 Å². The van der Waals surface area contributed by atoms with Gasteiger partial charge in [-0.05, 0) is 32.0 Å². The number of carbonyl (C=O) groups excluding carboxylic acids is 2. The van der Waals surface area contributed by atoms with E-state index < -0.39 is 6.04 Å². The SMILES string of the molecule is CCNC(=O)[C@@H](C)NC(=O)CSc1n[nH]c(-c2cc(Cl)ccc2OC)n1. The molecule has 1 heterocycles. The number of rotatable bonds is 8. The third kappa shape index (κ3) is 5.37. The zero-order valence-corrected chi connectivity index (χ0v) is 16.2. The number of aromatic nitrogens is 3. The Bertz CT molecular complexity index is 783. The minimum atomic E-state index is -0.596. The van der Waals surface area contributed by atoms with Gasteiger partial charge in [0.25, 0.3) is 0 Å². The van der Waals surface area contributed by atoms with Crippen molar-refractivity contribution in [2.45, 2.75) is 25.0 Å². The summed E-state index contributed by atoms with van der Waals surface area (Å²) in [5.41, 5.74) is 0.675. The molecule has 0 aliphatic carbocycles. The topological polar surface area (TPSA) is 109 Å². The van der Waals surface area contributed by atoms with Gasteiger partial charge in [-0.2, -0.15) is 0 Å². The van der Waals surface area contributed by atoms with Gasteiger partial charge in [0.05, 0.1) is 18.4 Å². The van der Waals surface area contributed by atoms with Crippen LogP contribution >= 0.6 is 23.4 Å². The van der Waals surface area contributed by atoms with E-state index in [0.717, 1.165) is 11.8 Å². The van der Waals surface area contributed by atoms with Crippen molar-refractivity contribution in [3.8, 4) is 17.1 Å². The van der Waals surface area contributed by atoms with Crippen LogP contribution in [0.5, 0.6) is 5.75 Å². The number of hydrogen-bond donors (Lipinski definition) is 3. The van der Waals surface area contributed by atoms with Gasteiger partial charge in [-0.1, -0.05) is 23.4 Å². The molecule has 2 aromatic rings. The Balaban J connectivity index is 1.96. The molecule has 0 radical (unpaired) electrons. The number of amides is 2. The molecule has 0 unspecified atom stereocenters. The lowest BCUT2D eigenvalue weighted by molar-refractivity contribution is -0.127. The minimum absolute atomic E-state index is 0.0910. The molecule has 0 saturated carbocycles. The average molecular weight is 398 g/mol. The molecule has 8 nitrogen and oxygen atoms in total. The third-order valence-corrected chi connectivity index (χ3v) is 4.42. The standard InChI is InChI=1S/C16H20ClN5O3S/c1-4-18-15(24)9(2)19-13(23)8-26-16-20-14(21-22-16)11-7-10(17)5-6-12(11)25-3/h5-7,9H,4,8H2,1-3H3,(H,18,24)(H,19,23)(H,20,21,22)/t9-/m1/s1. The summed E-state index contributed by atoms with van der Waals surface area (Å²) in [7, 11) is 1.55. The summed E-state index contributed by atoms with van der Waals surface area (Å²) in [6.07, 6.45) is 0. The zero-order valence-electron chi connectivity index (χ0n) is 14.6. The summed E-state index contributed by atoms with van der Waals surface area (Å²) < 4.78 is 5.29. The Morgan fingerprint density at radius 2 is 2.19 bits per heavy atom. The number of hydrogen-bond acceptors (Lipinski definition) is 6. The van der Waals surface area contributed by atoms with Crippen molar-refractivity contribution in [3.05, 3.63) is 23.2 Å². The van der Waals surface area contributed by atoms with Crippen LogP contribution < -0.4 is 15.4 Å². The molecule has 2 rings (SSSR count). The molecule has 3 N–H and O–H groups in total. The molecule has 140 valence electrons. The van der Waals surface area contributed by atoms with Gasteiger partial charge in [0.2, 0.25) is 17.0 Å². The fourth-order valence-electron chi connectivity index (χ4n) is 2.10. The number of nitrogens with zero attached hydrogens (tertiary/aromatic N) is 2. The Kier molecular flexibility index (Phi) is 7.28. The molecule has 0 spiro atoms. The largest absolute Gasteiger partial charge is 0.496 e. The molecule has 0 aliphatic heterocycles. The highest BCUT2D eigenvalue weighted by Gasteiger charge is 2.16. The predicted molar refractivity (Wildman–Crippen MR) is 100 cm³/mol. The van der Waals surface area contributed by atoms with E-state index in [1.165, 1.54) is 0 Å². The molecule has 1 aromatic carbocycles. The van der Waals surface area contributed by atoms with Gasteiger partial charge in [0.15, 0.2) is 5.82 Å². The van der Waals surface area contributed by atoms with Crippen molar-refractivity contribution in [3.63, 3.8) is 0 Å². The number of nitrogens with one attached hydrogen (secondary N) is 3. The van der Waals surface area contributed by atoms with Crippen LogP contribution in [0.4, 0.5) is 0 Å². The Labute approximate surface area is 160 Å². The van der Waals surface area contributed by atoms with E-state index in [2.05, 4.69) is 25.8 Å². The summed E-state index contributed by atoms with van der Waals surface area (Å²) in [6, 6.07) is 4.58. The summed E-state index contributed by atoms with van der Waals surface area (Å²) >= 11 is 7.18. The molecule has 1 aromatic heterocycles. The highest BCUT2D eigenvalue weighted by molar-refractivity contribution is 7.99. The molecule has 26 heavy (non-hydrogen) atoms. The van der Waals surface area contributed by atoms with Crippen LogP contribution in [0.1, 0.15) is 13.8 Å². The van der Waals surface area contributed by atoms with Crippen LogP contribution in [0.25, 0.3) is 11.4 Å². The Morgan fingerprint density at radius 3 is 2.88 bits per heavy atom. The molecule has 0 aliphatic rings. The van der Waals surface area contributed by atoms with Crippen LogP contribution in [0.3, 0.4) is 0 Å². The first-order chi connectivity index (χ1) is 12.4. The van der Waals surface area contributed by atoms with Crippen molar-refractivity contribution in [2.24, 2.45) is 0 Å². The van der Waals surface area contributed by atoms with Gasteiger partial charge >= 0.3 is 0 Å². The van der Waals surface area contributed by atoms with Gasteiger partial charge in [-0.3, -0.25) is 14.7 Å². The van der Waals surface area contributed by atoms with Crippen molar-refractivity contribution in [1.82, 2.24) is 25.8 Å². The molecule has 1 atom stereocenters. The maximum absolute atomic E-state index is 11.9. The zero-order chi connectivity index (χ0) is 19.1. The van der Waals surface area contributed by atoms with E-state index in [0.29, 0.717) is 33.9 Å². The molecule has 0 fully saturated rings. The Morgan fingerprint density at radius 1 is 1.42 bits per heavy atom. The second kappa shape index (κ2) is 9.44. The fourth-order valence-corrected chi connectivity index (χ4v) is 2.88. The fraction of sp³-hybridized carbons (Fsp3) is 0.375. The molecule has 2 amide bonds. The highest BCUT2D eigenvalue weighted by Crippen LogP contribution is 2.31. The van der Waals surface area contributed by atoms with Gasteiger partial charge in [-0.25, -0.2) is 4.98 Å². The van der Waals surface area contributed by atoms with Gasteiger partial charge in [-0.15, -0.1) is 5.10 Å². The van der Waals surface area contributed by atoms with E-state index in [-0.39, 0.29) is 17.6 Å². The van der Waals surface area contributed by atoms with Crippen LogP contribution in [0.15, 0.2) is 23.4 Å². The smallest absolute Gasteiger partial charge is 0.242 e. The van der Waals surface area contributed by atoms with Crippen LogP contribution in [0.2, 0.25) is 5.02 Å². The second-order valence-electron chi connectivity index (χ2n) is 5.28. The molecular formula is C16H20ClN5O3S. The van der Waals surface area contributed by atoms with Crippen molar-refractivity contribution < 1.29 is 14.3 Å². The van der Waals surface area contributed by atoms with Crippen molar-refractivity contribution in [1.29, 1.82) is 0 Å². The highest BCUT2D eigenvalue weighted by atomic mass is 35.5. The first kappa shape index (κ1) is 20.1. The summed E-state index contributed by atoms with van der Waals surface area (Å²) in [5.74, 6) is 0.686. The molecular weight excluding hydrogens is 378 g/mol. The van der Waals surface area contributed by atoms with Gasteiger partial charge in [0, 0.05) is 11.6 Å². The summed E-state index contributed by atoms with van der Waals surface area (Å²) in [6.45, 7) is 3.96. The Hall–Kier alpha value is -2.26. The van der Waals surface area contributed by atoms with Crippen LogP contribution in [0, 0.1) is 0 Å². The molecule has 0 saturated heterocycles. The normalized spacial score (nSPS) is 11.7. The maximum atomic E-state index is 11.9. The van der Waals surface area contributed by atoms with Gasteiger partial charge in [0.1, 0.15) is 11.8 Å². The first-order valence-corrected chi connectivity index (χ1v) is 9.27. The number of thioether (sulfide) groups is 1. The number of halogens is 1. The van der Waals surface area contributed by atoms with E-state index in [1.54, 1.807) is 32.2 Å². The second-order valence-corrected chi connectivity index (χ2v) is 6.66. The number of methoxy groups -OCH3 is 1. The number of carbonyl (C=O) groups is 2. The molecule has 10 heteroatoms. The van der Waals surface area contributed by atoms with Crippen LogP contribution in [-0.4, -0.2) is 52.4 Å². The minimum Gasteiger partial charge on any atom is -0.496 e. The predicted octanol–water partition coefficient (Wildman–Crippen LogP) is 1.87. The van der Waals surface area contributed by atoms with Crippen molar-refractivity contribution >= 4 is 35.2 Å². The average Bonchev–Trinajstić information content (AvgIpc) is 3.09. The van der Waals surface area contributed by atoms with Crippen LogP contribution in [-0.2, 0) is 9.59 Å². The molecule has 0 bridgehead atoms. The first-order valence-electron chi connectivity index (χ1n) is 7.90. The maximum Gasteiger partial charge on any atom is 0.242 e. The number of likely N-dealkylation sites (N-methyl/N-ethyl adjacent to an activating group) is 1. The van der Waals surface area contributed by atoms with Crippen molar-refractivity contribution in [2.75, 3.05) is 19.4 Å². The lowest BCUT2D eigenvalue weighted by atomic mass is 10.2. The van der Waals surface area contributed by atoms with E-state index >= 15 is 0 Å². The number of aromatic amines is 1. The van der Waals surface area contributed by atoms with E-state index in [4.69, 9.17) is 16.3 Å². The summed E-state index contributed by atoms with van der Waals surface area (Å²) in [4.78, 5) is 27.9. The number of H-pyrrole nitrogens is 1. The monoisotopic (exact) mass is 397 g/mol. The van der Waals surface area contributed by atoms with E-state index in [9.17, 15) is 9.59 Å². The quantitative estimate of drug-likeness (QED) is 0.587. The number of benzene rings is 1. The van der Waals surface area contributed by atoms with E-state index in [1.807, 2.05) is 6.92 Å². The number of ether oxygens (including phenoxy) is 1. The third-order valence-electron chi connectivity index (χ3n) is 3.34. The lowest BCUT2D eigenvalue weighted by Gasteiger charge is -2.12.